The van der Waals surface area contributed by atoms with Gasteiger partial charge in [0.2, 0.25) is 17.7 Å². The molecule has 5 rings (SSSR count). The molecule has 4 amide bonds. The minimum absolute atomic E-state index is 0.0354. The molecule has 2 saturated heterocycles. The quantitative estimate of drug-likeness (QED) is 0.336. The van der Waals surface area contributed by atoms with Gasteiger partial charge in [0, 0.05) is 30.5 Å². The van der Waals surface area contributed by atoms with Crippen LogP contribution in [-0.4, -0.2) is 66.2 Å². The molecule has 1 saturated carbocycles. The number of piperidine rings is 1. The zero-order chi connectivity index (χ0) is 30.7. The van der Waals surface area contributed by atoms with Gasteiger partial charge in [0.15, 0.2) is 0 Å². The van der Waals surface area contributed by atoms with Crippen LogP contribution in [0, 0.1) is 23.2 Å². The Morgan fingerprint density at radius 3 is 2.47 bits per heavy atom. The summed E-state index contributed by atoms with van der Waals surface area (Å²) in [5, 5.41) is 8.82. The summed E-state index contributed by atoms with van der Waals surface area (Å²) in [5.41, 5.74) is 1.42. The van der Waals surface area contributed by atoms with Crippen molar-refractivity contribution in [3.8, 4) is 0 Å². The van der Waals surface area contributed by atoms with E-state index < -0.39 is 36.0 Å². The number of hydrogen-bond donors (Lipinski definition) is 3. The first-order chi connectivity index (χ1) is 20.6. The predicted octanol–water partition coefficient (Wildman–Crippen LogP) is 2.87. The summed E-state index contributed by atoms with van der Waals surface area (Å²) in [4.78, 5) is 66.2. The van der Waals surface area contributed by atoms with Gasteiger partial charge in [-0.3, -0.25) is 14.4 Å². The predicted molar refractivity (Wildman–Crippen MR) is 159 cm³/mol. The van der Waals surface area contributed by atoms with Crippen LogP contribution in [0.2, 0.25) is 5.02 Å². The highest BCUT2D eigenvalue weighted by Crippen LogP contribution is 2.64. The monoisotopic (exact) mass is 608 g/mol. The number of alkyl carbamates (subject to hydrolysis) is 1. The lowest BCUT2D eigenvalue weighted by atomic mass is 9.96. The summed E-state index contributed by atoms with van der Waals surface area (Å²) in [5.74, 6) is -1.32. The molecular formula is C32H37ClN4O6. The normalized spacial score (nSPS) is 24.7. The van der Waals surface area contributed by atoms with Crippen LogP contribution < -0.4 is 16.0 Å². The van der Waals surface area contributed by atoms with Crippen LogP contribution in [0.15, 0.2) is 54.6 Å². The van der Waals surface area contributed by atoms with E-state index in [1.54, 1.807) is 24.3 Å². The maximum atomic E-state index is 14.1. The minimum Gasteiger partial charge on any atom is -0.445 e. The summed E-state index contributed by atoms with van der Waals surface area (Å²) in [6.45, 7) is 5.06. The van der Waals surface area contributed by atoms with Gasteiger partial charge in [-0.2, -0.15) is 0 Å². The highest BCUT2D eigenvalue weighted by molar-refractivity contribution is 6.30. The van der Waals surface area contributed by atoms with Crippen LogP contribution in [0.25, 0.3) is 0 Å². The van der Waals surface area contributed by atoms with Crippen LogP contribution in [0.3, 0.4) is 0 Å². The second-order valence-corrected chi connectivity index (χ2v) is 12.7. The largest absolute Gasteiger partial charge is 0.445 e. The maximum Gasteiger partial charge on any atom is 0.408 e. The molecule has 228 valence electrons. The Morgan fingerprint density at radius 2 is 1.81 bits per heavy atom. The van der Waals surface area contributed by atoms with Crippen molar-refractivity contribution in [3.63, 3.8) is 0 Å². The Kier molecular flexibility index (Phi) is 9.05. The number of ether oxygens (including phenoxy) is 1. The van der Waals surface area contributed by atoms with Crippen molar-refractivity contribution in [1.82, 2.24) is 20.9 Å². The number of hydrogen-bond acceptors (Lipinski definition) is 6. The van der Waals surface area contributed by atoms with Crippen LogP contribution >= 0.6 is 11.6 Å². The molecule has 11 heteroatoms. The molecule has 2 aliphatic heterocycles. The molecule has 10 nitrogen and oxygen atoms in total. The topological polar surface area (TPSA) is 134 Å². The molecule has 0 aromatic heterocycles. The number of carbonyl (C=O) groups excluding carboxylic acids is 5. The molecule has 0 unspecified atom stereocenters. The minimum atomic E-state index is -1.01. The van der Waals surface area contributed by atoms with Gasteiger partial charge in [-0.1, -0.05) is 67.9 Å². The third kappa shape index (κ3) is 6.85. The highest BCUT2D eigenvalue weighted by Gasteiger charge is 2.69. The van der Waals surface area contributed by atoms with Gasteiger partial charge in [-0.25, -0.2) is 4.79 Å². The summed E-state index contributed by atoms with van der Waals surface area (Å²) in [6.07, 6.45) is 0.857. The molecule has 0 radical (unpaired) electrons. The Bertz CT molecular complexity index is 1370. The fourth-order valence-corrected chi connectivity index (χ4v) is 6.70. The van der Waals surface area contributed by atoms with Crippen molar-refractivity contribution in [2.45, 2.75) is 57.8 Å². The number of nitrogens with zero attached hydrogens (tertiary/aromatic N) is 1. The Hall–Kier alpha value is -3.92. The molecule has 3 fully saturated rings. The molecule has 3 aliphatic rings. The molecule has 0 spiro atoms. The third-order valence-corrected chi connectivity index (χ3v) is 9.36. The van der Waals surface area contributed by atoms with E-state index in [0.29, 0.717) is 30.8 Å². The Morgan fingerprint density at radius 1 is 1.09 bits per heavy atom. The van der Waals surface area contributed by atoms with E-state index >= 15 is 0 Å². The summed E-state index contributed by atoms with van der Waals surface area (Å²) in [6, 6.07) is 13.5. The standard InChI is InChI=1S/C32H37ClN4O6/c1-32(2)24-16-37(27(26(24)32)29(40)35-23(17-38)15-21-12-13-34-28(21)39)30(41)25(14-19-8-10-22(33)11-9-19)36-31(42)43-18-20-6-4-3-5-7-20/h3-11,17,21,23-27H,12-16,18H2,1-2H3,(H,34,39)(H,35,40)(H,36,42)/t21-,23-,24-,25-,26-,27-/m0/s1. The van der Waals surface area contributed by atoms with Crippen molar-refractivity contribution < 1.29 is 28.7 Å². The summed E-state index contributed by atoms with van der Waals surface area (Å²) >= 11 is 6.06. The number of likely N-dealkylation sites (tertiary alicyclic amines) is 1. The van der Waals surface area contributed by atoms with Crippen molar-refractivity contribution >= 4 is 41.7 Å². The number of amides is 4. The number of nitrogens with one attached hydrogen (secondary N) is 3. The van der Waals surface area contributed by atoms with Crippen LogP contribution in [-0.2, 0) is 36.9 Å². The van der Waals surface area contributed by atoms with Crippen molar-refractivity contribution in [2.75, 3.05) is 13.1 Å². The zero-order valence-electron chi connectivity index (χ0n) is 24.3. The number of aldehydes is 1. The highest BCUT2D eigenvalue weighted by atomic mass is 35.5. The molecule has 2 heterocycles. The lowest BCUT2D eigenvalue weighted by molar-refractivity contribution is -0.142. The van der Waals surface area contributed by atoms with Crippen LogP contribution in [0.4, 0.5) is 4.79 Å². The van der Waals surface area contributed by atoms with Crippen molar-refractivity contribution in [3.05, 3.63) is 70.7 Å². The van der Waals surface area contributed by atoms with Gasteiger partial charge in [-0.15, -0.1) is 0 Å². The lowest BCUT2D eigenvalue weighted by Gasteiger charge is -2.33. The number of rotatable bonds is 11. The Balaban J connectivity index is 1.32. The van der Waals surface area contributed by atoms with E-state index in [1.807, 2.05) is 30.3 Å². The SMILES string of the molecule is CC1(C)[C@@H]2[C@@H](C(=O)N[C@H](C=O)C[C@@H]3CCNC3=O)N(C(=O)[C@H](Cc3ccc(Cl)cc3)NC(=O)OCc3ccccc3)C[C@@H]21. The zero-order valence-corrected chi connectivity index (χ0v) is 25.0. The van der Waals surface area contributed by atoms with Gasteiger partial charge in [0.1, 0.15) is 25.0 Å². The molecule has 2 aromatic rings. The van der Waals surface area contributed by atoms with E-state index in [4.69, 9.17) is 16.3 Å². The first kappa shape index (κ1) is 30.5. The average Bonchev–Trinajstić information content (AvgIpc) is 3.33. The smallest absolute Gasteiger partial charge is 0.408 e. The average molecular weight is 609 g/mol. The van der Waals surface area contributed by atoms with Gasteiger partial charge >= 0.3 is 6.09 Å². The lowest BCUT2D eigenvalue weighted by Crippen LogP contribution is -2.57. The molecule has 6 atom stereocenters. The molecule has 0 bridgehead atoms. The summed E-state index contributed by atoms with van der Waals surface area (Å²) < 4.78 is 5.41. The van der Waals surface area contributed by atoms with E-state index in [-0.39, 0.29) is 48.5 Å². The molecule has 3 N–H and O–H groups in total. The number of benzene rings is 2. The number of carbonyl (C=O) groups is 5. The fourth-order valence-electron chi connectivity index (χ4n) is 6.57. The van der Waals surface area contributed by atoms with Gasteiger partial charge in [0.25, 0.3) is 0 Å². The maximum absolute atomic E-state index is 14.1. The first-order valence-electron chi connectivity index (χ1n) is 14.6. The molecule has 2 aromatic carbocycles. The third-order valence-electron chi connectivity index (χ3n) is 9.11. The van der Waals surface area contributed by atoms with Gasteiger partial charge < -0.3 is 30.4 Å². The van der Waals surface area contributed by atoms with Crippen molar-refractivity contribution in [2.24, 2.45) is 23.2 Å². The molecule has 43 heavy (non-hydrogen) atoms. The fraction of sp³-hybridized carbons (Fsp3) is 0.469. The Labute approximate surface area is 255 Å². The number of halogens is 1. The van der Waals surface area contributed by atoms with Crippen LogP contribution in [0.1, 0.15) is 37.8 Å². The summed E-state index contributed by atoms with van der Waals surface area (Å²) in [7, 11) is 0. The van der Waals surface area contributed by atoms with E-state index in [0.717, 1.165) is 11.1 Å². The second-order valence-electron chi connectivity index (χ2n) is 12.2. The van der Waals surface area contributed by atoms with E-state index in [1.165, 1.54) is 4.90 Å². The number of fused-ring (bicyclic) bond motifs is 1. The van der Waals surface area contributed by atoms with Crippen LogP contribution in [0.5, 0.6) is 0 Å². The molecule has 1 aliphatic carbocycles. The van der Waals surface area contributed by atoms with E-state index in [9.17, 15) is 24.0 Å². The van der Waals surface area contributed by atoms with Crippen molar-refractivity contribution in [1.29, 1.82) is 0 Å². The van der Waals surface area contributed by atoms with E-state index in [2.05, 4.69) is 29.8 Å². The second kappa shape index (κ2) is 12.8. The van der Waals surface area contributed by atoms with Gasteiger partial charge in [-0.05, 0) is 53.4 Å². The first-order valence-corrected chi connectivity index (χ1v) is 15.0. The van der Waals surface area contributed by atoms with Gasteiger partial charge in [0.05, 0.1) is 6.04 Å². The molecular weight excluding hydrogens is 572 g/mol.